The van der Waals surface area contributed by atoms with Crippen molar-refractivity contribution in [3.8, 4) is 0 Å². The molecule has 3 rings (SSSR count). The molecule has 86 valence electrons. The molecule has 0 amide bonds. The summed E-state index contributed by atoms with van der Waals surface area (Å²) in [6.45, 7) is 2.09. The third-order valence-electron chi connectivity index (χ3n) is 2.80. The molecule has 0 unspecified atom stereocenters. The largest absolute Gasteiger partial charge is 2.00 e. The summed E-state index contributed by atoms with van der Waals surface area (Å²) in [7, 11) is 0. The first-order valence-corrected chi connectivity index (χ1v) is 4.91. The number of allylic oxidation sites excluding steroid dienone is 8. The van der Waals surface area contributed by atoms with Gasteiger partial charge in [0, 0.05) is 16.9 Å². The summed E-state index contributed by atoms with van der Waals surface area (Å²) in [4.78, 5) is 4.55. The standard InChI is InChI=1S/C13H11N.2ClH.Zr/c1-9-13(10-5-2-3-6-10)11-7-4-8-12(11)14-9;;;/h2-5,7-8H,6H2,1H3;2*1H;/q;;;+2/p-2. The summed E-state index contributed by atoms with van der Waals surface area (Å²) in [5.41, 5.74) is 6.33. The molecule has 0 aromatic rings. The molecule has 0 atom stereocenters. The van der Waals surface area contributed by atoms with E-state index in [0.717, 1.165) is 17.8 Å². The second-order valence-corrected chi connectivity index (χ2v) is 3.72. The SMILES string of the molecule is CC1=NC2=CC=CC2=C1C1=CC=CC1.[Cl-].[Cl-].[Zr+2]. The van der Waals surface area contributed by atoms with Gasteiger partial charge in [-0.05, 0) is 25.0 Å². The average molecular weight is 343 g/mol. The Morgan fingerprint density at radius 1 is 1.12 bits per heavy atom. The van der Waals surface area contributed by atoms with Crippen molar-refractivity contribution in [1.29, 1.82) is 0 Å². The van der Waals surface area contributed by atoms with E-state index in [-0.39, 0.29) is 51.0 Å². The van der Waals surface area contributed by atoms with E-state index in [4.69, 9.17) is 0 Å². The quantitative estimate of drug-likeness (QED) is 0.485. The van der Waals surface area contributed by atoms with Crippen LogP contribution in [-0.4, -0.2) is 5.71 Å². The molecular weight excluding hydrogens is 332 g/mol. The molecule has 17 heavy (non-hydrogen) atoms. The van der Waals surface area contributed by atoms with E-state index in [0.29, 0.717) is 0 Å². The number of rotatable bonds is 1. The molecular formula is C13H11Cl2NZr. The molecule has 4 heteroatoms. The van der Waals surface area contributed by atoms with Gasteiger partial charge in [-0.2, -0.15) is 0 Å². The van der Waals surface area contributed by atoms with E-state index in [1.807, 2.05) is 0 Å². The van der Waals surface area contributed by atoms with Gasteiger partial charge in [0.15, 0.2) is 0 Å². The van der Waals surface area contributed by atoms with Gasteiger partial charge in [0.1, 0.15) is 0 Å². The van der Waals surface area contributed by atoms with Gasteiger partial charge in [-0.25, -0.2) is 0 Å². The van der Waals surface area contributed by atoms with Crippen LogP contribution < -0.4 is 24.8 Å². The number of fused-ring (bicyclic) bond motifs is 1. The Morgan fingerprint density at radius 3 is 2.53 bits per heavy atom. The molecule has 0 fully saturated rings. The maximum absolute atomic E-state index is 4.55. The molecule has 0 aromatic carbocycles. The van der Waals surface area contributed by atoms with Crippen LogP contribution in [0.2, 0.25) is 0 Å². The number of hydrogen-bond acceptors (Lipinski definition) is 1. The van der Waals surface area contributed by atoms with Crippen molar-refractivity contribution >= 4 is 5.71 Å². The zero-order chi connectivity index (χ0) is 9.54. The average Bonchev–Trinajstić information content (AvgIpc) is 2.78. The Hall–Kier alpha value is -0.167. The van der Waals surface area contributed by atoms with Gasteiger partial charge in [-0.3, -0.25) is 4.99 Å². The van der Waals surface area contributed by atoms with E-state index in [1.165, 1.54) is 16.7 Å². The first-order chi connectivity index (χ1) is 6.86. The third kappa shape index (κ3) is 2.81. The molecule has 0 N–H and O–H groups in total. The van der Waals surface area contributed by atoms with E-state index < -0.39 is 0 Å². The third-order valence-corrected chi connectivity index (χ3v) is 2.80. The minimum absolute atomic E-state index is 0. The molecule has 1 heterocycles. The Labute approximate surface area is 133 Å². The molecule has 2 aliphatic carbocycles. The Morgan fingerprint density at radius 2 is 1.88 bits per heavy atom. The molecule has 1 aliphatic heterocycles. The van der Waals surface area contributed by atoms with Gasteiger partial charge in [0.25, 0.3) is 0 Å². The van der Waals surface area contributed by atoms with Crippen molar-refractivity contribution in [3.05, 3.63) is 58.9 Å². The van der Waals surface area contributed by atoms with Crippen LogP contribution in [0.25, 0.3) is 0 Å². The Balaban J connectivity index is 0.000000853. The molecule has 0 saturated carbocycles. The second kappa shape index (κ2) is 6.68. The van der Waals surface area contributed by atoms with Crippen LogP contribution in [0.1, 0.15) is 13.3 Å². The minimum atomic E-state index is 0. The first kappa shape index (κ1) is 16.8. The normalized spacial score (nSPS) is 18.8. The second-order valence-electron chi connectivity index (χ2n) is 3.72. The molecule has 0 spiro atoms. The molecule has 0 aromatic heterocycles. The zero-order valence-corrected chi connectivity index (χ0v) is 13.3. The van der Waals surface area contributed by atoms with Crippen molar-refractivity contribution in [2.45, 2.75) is 13.3 Å². The summed E-state index contributed by atoms with van der Waals surface area (Å²) in [6.07, 6.45) is 13.9. The van der Waals surface area contributed by atoms with Crippen LogP contribution in [0.15, 0.2) is 63.9 Å². The molecule has 3 aliphatic rings. The predicted octanol–water partition coefficient (Wildman–Crippen LogP) is -2.90. The number of aliphatic imine (C=N–C) groups is 1. The van der Waals surface area contributed by atoms with E-state index >= 15 is 0 Å². The van der Waals surface area contributed by atoms with E-state index in [2.05, 4.69) is 48.4 Å². The predicted molar refractivity (Wildman–Crippen MR) is 59.2 cm³/mol. The van der Waals surface area contributed by atoms with Gasteiger partial charge in [0.05, 0.1) is 5.70 Å². The summed E-state index contributed by atoms with van der Waals surface area (Å²) < 4.78 is 0. The maximum atomic E-state index is 4.55. The molecule has 1 nitrogen and oxygen atoms in total. The topological polar surface area (TPSA) is 12.4 Å². The van der Waals surface area contributed by atoms with Gasteiger partial charge in [0.2, 0.25) is 0 Å². The maximum Gasteiger partial charge on any atom is 2.00 e. The molecule has 0 radical (unpaired) electrons. The smallest absolute Gasteiger partial charge is 1.00 e. The van der Waals surface area contributed by atoms with Crippen LogP contribution in [0.4, 0.5) is 0 Å². The van der Waals surface area contributed by atoms with Crippen molar-refractivity contribution in [2.24, 2.45) is 4.99 Å². The van der Waals surface area contributed by atoms with Gasteiger partial charge in [-0.15, -0.1) is 0 Å². The molecule has 0 saturated heterocycles. The van der Waals surface area contributed by atoms with Crippen molar-refractivity contribution < 1.29 is 51.0 Å². The Kier molecular flexibility index (Phi) is 6.62. The van der Waals surface area contributed by atoms with Crippen LogP contribution in [0.3, 0.4) is 0 Å². The van der Waals surface area contributed by atoms with Gasteiger partial charge in [-0.1, -0.05) is 30.4 Å². The summed E-state index contributed by atoms with van der Waals surface area (Å²) in [5, 5.41) is 0. The molecule has 0 bridgehead atoms. The van der Waals surface area contributed by atoms with Crippen LogP contribution in [0, 0.1) is 0 Å². The number of nitrogens with zero attached hydrogens (tertiary/aromatic N) is 1. The van der Waals surface area contributed by atoms with Crippen molar-refractivity contribution in [2.75, 3.05) is 0 Å². The first-order valence-electron chi connectivity index (χ1n) is 4.91. The minimum Gasteiger partial charge on any atom is -1.00 e. The fourth-order valence-electron chi connectivity index (χ4n) is 2.19. The summed E-state index contributed by atoms with van der Waals surface area (Å²) in [5.74, 6) is 0. The fraction of sp³-hybridized carbons (Fsp3) is 0.154. The number of halogens is 2. The zero-order valence-electron chi connectivity index (χ0n) is 9.37. The van der Waals surface area contributed by atoms with E-state index in [1.54, 1.807) is 0 Å². The van der Waals surface area contributed by atoms with E-state index in [9.17, 15) is 0 Å². The van der Waals surface area contributed by atoms with Crippen LogP contribution in [0.5, 0.6) is 0 Å². The van der Waals surface area contributed by atoms with Crippen LogP contribution >= 0.6 is 0 Å². The van der Waals surface area contributed by atoms with Gasteiger partial charge < -0.3 is 24.8 Å². The van der Waals surface area contributed by atoms with Crippen molar-refractivity contribution in [1.82, 2.24) is 0 Å². The summed E-state index contributed by atoms with van der Waals surface area (Å²) in [6, 6.07) is 0. The van der Waals surface area contributed by atoms with Crippen LogP contribution in [-0.2, 0) is 26.2 Å². The van der Waals surface area contributed by atoms with Crippen molar-refractivity contribution in [3.63, 3.8) is 0 Å². The van der Waals surface area contributed by atoms with Gasteiger partial charge >= 0.3 is 26.2 Å². The number of hydrogen-bond donors (Lipinski definition) is 0. The fourth-order valence-corrected chi connectivity index (χ4v) is 2.19. The summed E-state index contributed by atoms with van der Waals surface area (Å²) >= 11 is 0. The monoisotopic (exact) mass is 341 g/mol. The Bertz CT molecular complexity index is 494.